The number of carbonyl (C=O) groups excluding carboxylic acids is 1. The fourth-order valence-electron chi connectivity index (χ4n) is 1.38. The minimum atomic E-state index is -0.237. The van der Waals surface area contributed by atoms with E-state index in [9.17, 15) is 4.79 Å². The van der Waals surface area contributed by atoms with Gasteiger partial charge in [-0.3, -0.25) is 4.79 Å². The lowest BCUT2D eigenvalue weighted by molar-refractivity contribution is 0.0951. The first kappa shape index (κ1) is 11.5. The molecule has 3 N–H and O–H groups in total. The molecule has 0 fully saturated rings. The van der Waals surface area contributed by atoms with Crippen LogP contribution in [-0.4, -0.2) is 22.4 Å². The summed E-state index contributed by atoms with van der Waals surface area (Å²) in [6, 6.07) is 5.49. The van der Waals surface area contributed by atoms with Crippen LogP contribution in [0.3, 0.4) is 0 Å². The number of carbonyl (C=O) groups is 1. The van der Waals surface area contributed by atoms with E-state index in [1.54, 1.807) is 17.4 Å². The Morgan fingerprint density at radius 3 is 3.00 bits per heavy atom. The fourth-order valence-corrected chi connectivity index (χ4v) is 2.07. The SMILES string of the molecule is CCNC(=O)c1cc(-c2cccs2)nc(N)n1. The molecule has 0 unspecified atom stereocenters. The first-order chi connectivity index (χ1) is 8.20. The molecule has 5 nitrogen and oxygen atoms in total. The summed E-state index contributed by atoms with van der Waals surface area (Å²) in [5, 5.41) is 4.62. The number of anilines is 1. The lowest BCUT2D eigenvalue weighted by Gasteiger charge is -2.04. The third-order valence-electron chi connectivity index (χ3n) is 2.09. The minimum absolute atomic E-state index is 0.108. The third kappa shape index (κ3) is 2.59. The summed E-state index contributed by atoms with van der Waals surface area (Å²) in [7, 11) is 0. The van der Waals surface area contributed by atoms with Crippen molar-refractivity contribution in [3.05, 3.63) is 29.3 Å². The van der Waals surface area contributed by atoms with Crippen molar-refractivity contribution in [2.45, 2.75) is 6.92 Å². The molecule has 0 aliphatic heterocycles. The van der Waals surface area contributed by atoms with E-state index < -0.39 is 0 Å². The van der Waals surface area contributed by atoms with Crippen LogP contribution in [0.5, 0.6) is 0 Å². The molecule has 88 valence electrons. The molecule has 2 rings (SSSR count). The van der Waals surface area contributed by atoms with Crippen molar-refractivity contribution < 1.29 is 4.79 Å². The van der Waals surface area contributed by atoms with E-state index in [2.05, 4.69) is 15.3 Å². The van der Waals surface area contributed by atoms with Gasteiger partial charge in [0.1, 0.15) is 5.69 Å². The maximum absolute atomic E-state index is 11.7. The Balaban J connectivity index is 2.39. The molecule has 0 aromatic carbocycles. The average molecular weight is 248 g/mol. The quantitative estimate of drug-likeness (QED) is 0.863. The molecule has 6 heteroatoms. The van der Waals surface area contributed by atoms with Crippen LogP contribution in [0, 0.1) is 0 Å². The number of nitrogens with two attached hydrogens (primary N) is 1. The van der Waals surface area contributed by atoms with E-state index >= 15 is 0 Å². The second-order valence-electron chi connectivity index (χ2n) is 3.33. The number of thiophene rings is 1. The van der Waals surface area contributed by atoms with Crippen molar-refractivity contribution in [1.29, 1.82) is 0 Å². The molecule has 0 radical (unpaired) electrons. The van der Waals surface area contributed by atoms with Gasteiger partial charge in [-0.1, -0.05) is 6.07 Å². The topological polar surface area (TPSA) is 80.9 Å². The predicted octanol–water partition coefficient (Wildman–Crippen LogP) is 1.54. The number of hydrogen-bond acceptors (Lipinski definition) is 5. The van der Waals surface area contributed by atoms with Crippen molar-refractivity contribution in [2.75, 3.05) is 12.3 Å². The predicted molar refractivity (Wildman–Crippen MR) is 67.8 cm³/mol. The number of rotatable bonds is 3. The van der Waals surface area contributed by atoms with Crippen LogP contribution in [0.2, 0.25) is 0 Å². The molecule has 2 heterocycles. The van der Waals surface area contributed by atoms with Crippen LogP contribution in [-0.2, 0) is 0 Å². The Labute approximate surface area is 103 Å². The molecule has 0 saturated carbocycles. The summed E-state index contributed by atoms with van der Waals surface area (Å²) in [5.74, 6) is -0.128. The Morgan fingerprint density at radius 2 is 2.35 bits per heavy atom. The maximum atomic E-state index is 11.7. The van der Waals surface area contributed by atoms with E-state index in [1.807, 2.05) is 24.4 Å². The van der Waals surface area contributed by atoms with Gasteiger partial charge in [-0.05, 0) is 24.4 Å². The highest BCUT2D eigenvalue weighted by atomic mass is 32.1. The van der Waals surface area contributed by atoms with Crippen LogP contribution in [0.4, 0.5) is 5.95 Å². The molecule has 0 saturated heterocycles. The van der Waals surface area contributed by atoms with E-state index in [0.29, 0.717) is 17.9 Å². The molecule has 0 aliphatic carbocycles. The molecular weight excluding hydrogens is 236 g/mol. The zero-order valence-electron chi connectivity index (χ0n) is 9.30. The monoisotopic (exact) mass is 248 g/mol. The van der Waals surface area contributed by atoms with Gasteiger partial charge in [0.15, 0.2) is 0 Å². The first-order valence-electron chi connectivity index (χ1n) is 5.17. The number of amides is 1. The molecule has 17 heavy (non-hydrogen) atoms. The smallest absolute Gasteiger partial charge is 0.270 e. The summed E-state index contributed by atoms with van der Waals surface area (Å²) in [6.07, 6.45) is 0. The Morgan fingerprint density at radius 1 is 1.53 bits per heavy atom. The maximum Gasteiger partial charge on any atom is 0.270 e. The molecule has 0 atom stereocenters. The minimum Gasteiger partial charge on any atom is -0.368 e. The summed E-state index contributed by atoms with van der Waals surface area (Å²) < 4.78 is 0. The lowest BCUT2D eigenvalue weighted by atomic mass is 10.2. The van der Waals surface area contributed by atoms with Gasteiger partial charge in [-0.25, -0.2) is 9.97 Å². The number of nitrogen functional groups attached to an aromatic ring is 1. The zero-order valence-corrected chi connectivity index (χ0v) is 10.1. The van der Waals surface area contributed by atoms with Gasteiger partial charge in [0.2, 0.25) is 5.95 Å². The van der Waals surface area contributed by atoms with Gasteiger partial charge in [-0.2, -0.15) is 0 Å². The van der Waals surface area contributed by atoms with Crippen LogP contribution >= 0.6 is 11.3 Å². The van der Waals surface area contributed by atoms with Crippen LogP contribution in [0.15, 0.2) is 23.6 Å². The second kappa shape index (κ2) is 4.92. The number of hydrogen-bond donors (Lipinski definition) is 2. The standard InChI is InChI=1S/C11H12N4OS/c1-2-13-10(16)8-6-7(14-11(12)15-8)9-4-3-5-17-9/h3-6H,2H2,1H3,(H,13,16)(H2,12,14,15). The average Bonchev–Trinajstić information content (AvgIpc) is 2.82. The first-order valence-corrected chi connectivity index (χ1v) is 6.05. The fraction of sp³-hybridized carbons (Fsp3) is 0.182. The highest BCUT2D eigenvalue weighted by Gasteiger charge is 2.11. The molecular formula is C11H12N4OS. The van der Waals surface area contributed by atoms with Gasteiger partial charge in [0.25, 0.3) is 5.91 Å². The van der Waals surface area contributed by atoms with Crippen molar-refractivity contribution in [3.63, 3.8) is 0 Å². The number of nitrogens with zero attached hydrogens (tertiary/aromatic N) is 2. The van der Waals surface area contributed by atoms with E-state index in [1.165, 1.54) is 0 Å². The third-order valence-corrected chi connectivity index (χ3v) is 2.98. The van der Waals surface area contributed by atoms with Crippen molar-refractivity contribution in [3.8, 4) is 10.6 Å². The Hall–Kier alpha value is -1.95. The van der Waals surface area contributed by atoms with Gasteiger partial charge < -0.3 is 11.1 Å². The zero-order chi connectivity index (χ0) is 12.3. The van der Waals surface area contributed by atoms with Crippen LogP contribution in [0.25, 0.3) is 10.6 Å². The summed E-state index contributed by atoms with van der Waals surface area (Å²) >= 11 is 1.54. The van der Waals surface area contributed by atoms with Gasteiger partial charge in [0, 0.05) is 6.54 Å². The van der Waals surface area contributed by atoms with Gasteiger partial charge in [0.05, 0.1) is 10.6 Å². The normalized spacial score (nSPS) is 10.2. The summed E-state index contributed by atoms with van der Waals surface area (Å²) in [5.41, 5.74) is 6.57. The van der Waals surface area contributed by atoms with E-state index in [0.717, 1.165) is 4.88 Å². The number of nitrogens with one attached hydrogen (secondary N) is 1. The number of aromatic nitrogens is 2. The Bertz CT molecular complexity index is 524. The highest BCUT2D eigenvalue weighted by Crippen LogP contribution is 2.23. The molecule has 0 spiro atoms. The van der Waals surface area contributed by atoms with Gasteiger partial charge in [-0.15, -0.1) is 11.3 Å². The highest BCUT2D eigenvalue weighted by molar-refractivity contribution is 7.13. The van der Waals surface area contributed by atoms with E-state index in [-0.39, 0.29) is 11.9 Å². The Kier molecular flexibility index (Phi) is 3.34. The van der Waals surface area contributed by atoms with Crippen molar-refractivity contribution in [1.82, 2.24) is 15.3 Å². The summed E-state index contributed by atoms with van der Waals surface area (Å²) in [4.78, 5) is 20.7. The van der Waals surface area contributed by atoms with Crippen molar-refractivity contribution in [2.24, 2.45) is 0 Å². The molecule has 0 aliphatic rings. The summed E-state index contributed by atoms with van der Waals surface area (Å²) in [6.45, 7) is 2.40. The lowest BCUT2D eigenvalue weighted by Crippen LogP contribution is -2.24. The molecule has 2 aromatic rings. The molecule has 2 aromatic heterocycles. The van der Waals surface area contributed by atoms with E-state index in [4.69, 9.17) is 5.73 Å². The van der Waals surface area contributed by atoms with Crippen molar-refractivity contribution >= 4 is 23.2 Å². The second-order valence-corrected chi connectivity index (χ2v) is 4.28. The van der Waals surface area contributed by atoms with Gasteiger partial charge >= 0.3 is 0 Å². The van der Waals surface area contributed by atoms with Crippen LogP contribution < -0.4 is 11.1 Å². The largest absolute Gasteiger partial charge is 0.368 e. The van der Waals surface area contributed by atoms with Crippen LogP contribution in [0.1, 0.15) is 17.4 Å². The molecule has 0 bridgehead atoms. The molecule has 1 amide bonds.